The SMILES string of the molecule is COc1ccc(COCCN(C)/C=N/c2cc(C)c(Cc3nc(-c4ccc(C)cc4)cs3)cc2C)cc1. The van der Waals surface area contributed by atoms with Crippen molar-refractivity contribution in [2.24, 2.45) is 4.99 Å². The van der Waals surface area contributed by atoms with Crippen molar-refractivity contribution in [2.75, 3.05) is 27.3 Å². The minimum Gasteiger partial charge on any atom is -0.497 e. The molecule has 0 spiro atoms. The van der Waals surface area contributed by atoms with E-state index in [9.17, 15) is 0 Å². The van der Waals surface area contributed by atoms with E-state index in [-0.39, 0.29) is 0 Å². The molecule has 3 aromatic carbocycles. The third-order valence-corrected chi connectivity index (χ3v) is 7.15. The molecule has 0 aliphatic heterocycles. The molecule has 1 heterocycles. The van der Waals surface area contributed by atoms with Crippen LogP contribution in [0.4, 0.5) is 5.69 Å². The number of nitrogens with zero attached hydrogens (tertiary/aromatic N) is 3. The molecular formula is C31H35N3O2S. The number of ether oxygens (including phenoxy) is 2. The molecule has 4 aromatic rings. The van der Waals surface area contributed by atoms with Gasteiger partial charge in [-0.1, -0.05) is 48.0 Å². The lowest BCUT2D eigenvalue weighted by Gasteiger charge is -2.14. The van der Waals surface area contributed by atoms with Gasteiger partial charge in [-0.3, -0.25) is 0 Å². The molecule has 0 atom stereocenters. The first-order valence-electron chi connectivity index (χ1n) is 12.5. The van der Waals surface area contributed by atoms with Crippen LogP contribution in [0.15, 0.2) is 71.0 Å². The molecule has 0 bridgehead atoms. The van der Waals surface area contributed by atoms with Gasteiger partial charge in [0.2, 0.25) is 0 Å². The van der Waals surface area contributed by atoms with Gasteiger partial charge in [-0.25, -0.2) is 9.98 Å². The van der Waals surface area contributed by atoms with Crippen LogP contribution in [0.5, 0.6) is 5.75 Å². The standard InChI is InChI=1S/C31H35N3O2S/c1-22-6-10-26(11-7-22)30-20-37-31(33-30)18-27-16-24(3)29(17-23(27)2)32-21-34(4)14-15-36-19-25-8-12-28(35-5)13-9-25/h6-13,16-17,20-21H,14-15,18-19H2,1-5H3/b32-21+. The lowest BCUT2D eigenvalue weighted by Crippen LogP contribution is -2.21. The van der Waals surface area contributed by atoms with Crippen molar-refractivity contribution in [1.82, 2.24) is 9.88 Å². The highest BCUT2D eigenvalue weighted by atomic mass is 32.1. The molecule has 0 N–H and O–H groups in total. The first-order chi connectivity index (χ1) is 17.9. The quantitative estimate of drug-likeness (QED) is 0.121. The van der Waals surface area contributed by atoms with Crippen molar-refractivity contribution < 1.29 is 9.47 Å². The van der Waals surface area contributed by atoms with E-state index in [1.807, 2.05) is 37.7 Å². The van der Waals surface area contributed by atoms with Gasteiger partial charge in [0, 0.05) is 31.0 Å². The summed E-state index contributed by atoms with van der Waals surface area (Å²) in [5, 5.41) is 3.28. The molecular weight excluding hydrogens is 478 g/mol. The molecule has 4 rings (SSSR count). The maximum Gasteiger partial charge on any atom is 0.118 e. The van der Waals surface area contributed by atoms with Gasteiger partial charge in [0.05, 0.1) is 43.1 Å². The van der Waals surface area contributed by atoms with E-state index in [0.29, 0.717) is 13.2 Å². The number of aromatic nitrogens is 1. The zero-order chi connectivity index (χ0) is 26.2. The Morgan fingerprint density at radius 1 is 0.973 bits per heavy atom. The molecule has 0 radical (unpaired) electrons. The fraction of sp³-hybridized carbons (Fsp3) is 0.290. The maximum atomic E-state index is 5.82. The minimum atomic E-state index is 0.584. The van der Waals surface area contributed by atoms with Gasteiger partial charge < -0.3 is 14.4 Å². The summed E-state index contributed by atoms with van der Waals surface area (Å²) in [6.45, 7) is 8.35. The van der Waals surface area contributed by atoms with E-state index >= 15 is 0 Å². The molecule has 0 aliphatic carbocycles. The second-order valence-electron chi connectivity index (χ2n) is 9.36. The smallest absolute Gasteiger partial charge is 0.118 e. The van der Waals surface area contributed by atoms with Crippen molar-refractivity contribution in [1.29, 1.82) is 0 Å². The average molecular weight is 514 g/mol. The van der Waals surface area contributed by atoms with Gasteiger partial charge >= 0.3 is 0 Å². The van der Waals surface area contributed by atoms with E-state index in [0.717, 1.165) is 46.2 Å². The van der Waals surface area contributed by atoms with Crippen molar-refractivity contribution in [2.45, 2.75) is 33.8 Å². The molecule has 6 heteroatoms. The van der Waals surface area contributed by atoms with E-state index in [1.165, 1.54) is 22.3 Å². The van der Waals surface area contributed by atoms with Crippen LogP contribution in [0.3, 0.4) is 0 Å². The van der Waals surface area contributed by atoms with E-state index in [4.69, 9.17) is 19.5 Å². The number of methoxy groups -OCH3 is 1. The molecule has 0 aliphatic rings. The third-order valence-electron chi connectivity index (χ3n) is 6.31. The summed E-state index contributed by atoms with van der Waals surface area (Å²) in [6, 6.07) is 20.9. The summed E-state index contributed by atoms with van der Waals surface area (Å²) < 4.78 is 11.0. The second kappa shape index (κ2) is 12.7. The Kier molecular flexibility index (Phi) is 9.09. The monoisotopic (exact) mass is 513 g/mol. The van der Waals surface area contributed by atoms with Crippen molar-refractivity contribution in [3.05, 3.63) is 98.9 Å². The Hall–Kier alpha value is -3.48. The van der Waals surface area contributed by atoms with Crippen molar-refractivity contribution in [3.63, 3.8) is 0 Å². The van der Waals surface area contributed by atoms with Crippen LogP contribution in [0.1, 0.15) is 32.8 Å². The molecule has 192 valence electrons. The predicted molar refractivity (Wildman–Crippen MR) is 154 cm³/mol. The maximum absolute atomic E-state index is 5.82. The van der Waals surface area contributed by atoms with Gasteiger partial charge in [-0.2, -0.15) is 0 Å². The highest BCUT2D eigenvalue weighted by Crippen LogP contribution is 2.28. The predicted octanol–water partition coefficient (Wildman–Crippen LogP) is 7.14. The van der Waals surface area contributed by atoms with Crippen LogP contribution in [0, 0.1) is 20.8 Å². The molecule has 37 heavy (non-hydrogen) atoms. The van der Waals surface area contributed by atoms with E-state index in [1.54, 1.807) is 18.4 Å². The first-order valence-corrected chi connectivity index (χ1v) is 13.4. The normalized spacial score (nSPS) is 11.3. The number of hydrogen-bond acceptors (Lipinski definition) is 5. The highest BCUT2D eigenvalue weighted by molar-refractivity contribution is 7.10. The fourth-order valence-corrected chi connectivity index (χ4v) is 4.77. The second-order valence-corrected chi connectivity index (χ2v) is 10.3. The Morgan fingerprint density at radius 2 is 1.73 bits per heavy atom. The average Bonchev–Trinajstić information content (AvgIpc) is 3.37. The number of aliphatic imine (C=N–C) groups is 1. The van der Waals surface area contributed by atoms with Crippen LogP contribution in [0.25, 0.3) is 11.3 Å². The number of hydrogen-bond donors (Lipinski definition) is 0. The Balaban J connectivity index is 1.29. The molecule has 0 amide bonds. The fourth-order valence-electron chi connectivity index (χ4n) is 3.94. The van der Waals surface area contributed by atoms with Crippen LogP contribution < -0.4 is 4.74 Å². The lowest BCUT2D eigenvalue weighted by atomic mass is 10.0. The summed E-state index contributed by atoms with van der Waals surface area (Å²) in [5.41, 5.74) is 9.29. The Labute approximate surface area is 224 Å². The van der Waals surface area contributed by atoms with Crippen LogP contribution in [-0.2, 0) is 17.8 Å². The summed E-state index contributed by atoms with van der Waals surface area (Å²) >= 11 is 1.72. The largest absolute Gasteiger partial charge is 0.497 e. The molecule has 1 aromatic heterocycles. The Morgan fingerprint density at radius 3 is 2.46 bits per heavy atom. The van der Waals surface area contributed by atoms with Crippen molar-refractivity contribution >= 4 is 23.4 Å². The molecule has 0 unspecified atom stereocenters. The summed E-state index contributed by atoms with van der Waals surface area (Å²) in [4.78, 5) is 11.7. The van der Waals surface area contributed by atoms with Crippen molar-refractivity contribution in [3.8, 4) is 17.0 Å². The molecule has 0 fully saturated rings. The van der Waals surface area contributed by atoms with Crippen LogP contribution in [-0.4, -0.2) is 43.5 Å². The van der Waals surface area contributed by atoms with Gasteiger partial charge in [-0.05, 0) is 61.2 Å². The molecule has 0 saturated carbocycles. The first kappa shape index (κ1) is 26.6. The topological polar surface area (TPSA) is 47.0 Å². The van der Waals surface area contributed by atoms with E-state index in [2.05, 4.69) is 67.4 Å². The summed E-state index contributed by atoms with van der Waals surface area (Å²) in [5.74, 6) is 0.855. The number of rotatable bonds is 11. The van der Waals surface area contributed by atoms with Gasteiger partial charge in [0.25, 0.3) is 0 Å². The third kappa shape index (κ3) is 7.51. The summed E-state index contributed by atoms with van der Waals surface area (Å²) in [6.07, 6.45) is 2.71. The van der Waals surface area contributed by atoms with Gasteiger partial charge in [0.15, 0.2) is 0 Å². The van der Waals surface area contributed by atoms with Gasteiger partial charge in [-0.15, -0.1) is 11.3 Å². The van der Waals surface area contributed by atoms with E-state index < -0.39 is 0 Å². The zero-order valence-electron chi connectivity index (χ0n) is 22.3. The summed E-state index contributed by atoms with van der Waals surface area (Å²) in [7, 11) is 3.69. The van der Waals surface area contributed by atoms with Crippen LogP contribution >= 0.6 is 11.3 Å². The number of thiazole rings is 1. The van der Waals surface area contributed by atoms with Crippen LogP contribution in [0.2, 0.25) is 0 Å². The molecule has 5 nitrogen and oxygen atoms in total. The minimum absolute atomic E-state index is 0.584. The van der Waals surface area contributed by atoms with Gasteiger partial charge in [0.1, 0.15) is 5.75 Å². The Bertz CT molecular complexity index is 1330. The highest BCUT2D eigenvalue weighted by Gasteiger charge is 2.09. The zero-order valence-corrected chi connectivity index (χ0v) is 23.1. The number of benzene rings is 3. The lowest BCUT2D eigenvalue weighted by molar-refractivity contribution is 0.112. The molecule has 0 saturated heterocycles. The number of aryl methyl sites for hydroxylation is 3. The number of likely N-dealkylation sites (N-methyl/N-ethyl adjacent to an activating group) is 1.